The van der Waals surface area contributed by atoms with Gasteiger partial charge in [0.25, 0.3) is 0 Å². The van der Waals surface area contributed by atoms with Gasteiger partial charge in [0.1, 0.15) is 0 Å². The van der Waals surface area contributed by atoms with Crippen molar-refractivity contribution in [2.75, 3.05) is 14.2 Å². The van der Waals surface area contributed by atoms with Crippen LogP contribution < -0.4 is 4.74 Å². The molecule has 0 amide bonds. The van der Waals surface area contributed by atoms with Gasteiger partial charge in [0.2, 0.25) is 5.88 Å². The predicted molar refractivity (Wildman–Crippen MR) is 62.4 cm³/mol. The minimum Gasteiger partial charge on any atom is -0.481 e. The first-order valence-corrected chi connectivity index (χ1v) is 5.12. The molecule has 0 spiro atoms. The third-order valence-corrected chi connectivity index (χ3v) is 2.66. The quantitative estimate of drug-likeness (QED) is 0.766. The summed E-state index contributed by atoms with van der Waals surface area (Å²) in [5.74, 6) is -0.0906. The zero-order chi connectivity index (χ0) is 12.4. The molecule has 0 bridgehead atoms. The van der Waals surface area contributed by atoms with Crippen LogP contribution in [0.3, 0.4) is 0 Å². The second-order valence-electron chi connectivity index (χ2n) is 3.20. The Kier molecular flexibility index (Phi) is 3.10. The van der Waals surface area contributed by atoms with Crippen LogP contribution in [0, 0.1) is 0 Å². The highest BCUT2D eigenvalue weighted by molar-refractivity contribution is 6.38. The molecule has 6 heteroatoms. The number of fused-ring (bicyclic) bond motifs is 1. The molecule has 0 saturated heterocycles. The highest BCUT2D eigenvalue weighted by Gasteiger charge is 2.15. The van der Waals surface area contributed by atoms with Crippen LogP contribution in [-0.4, -0.2) is 30.2 Å². The molecular weight excluding hydrogens is 244 g/mol. The third kappa shape index (κ3) is 2.01. The first-order valence-electron chi connectivity index (χ1n) is 4.75. The predicted octanol–water partition coefficient (Wildman–Crippen LogP) is 2.08. The van der Waals surface area contributed by atoms with E-state index in [-0.39, 0.29) is 10.6 Å². The number of hydrogen-bond acceptors (Lipinski definition) is 5. The lowest BCUT2D eigenvalue weighted by atomic mass is 10.2. The summed E-state index contributed by atoms with van der Waals surface area (Å²) in [6, 6.07) is 3.35. The van der Waals surface area contributed by atoms with E-state index in [0.717, 1.165) is 0 Å². The maximum Gasteiger partial charge on any atom is 0.340 e. The van der Waals surface area contributed by atoms with Crippen molar-refractivity contribution >= 4 is 28.6 Å². The van der Waals surface area contributed by atoms with Gasteiger partial charge >= 0.3 is 5.97 Å². The molecule has 2 heterocycles. The highest BCUT2D eigenvalue weighted by atomic mass is 35.5. The number of methoxy groups -OCH3 is 2. The minimum atomic E-state index is -0.528. The lowest BCUT2D eigenvalue weighted by molar-refractivity contribution is 0.0600. The summed E-state index contributed by atoms with van der Waals surface area (Å²) in [4.78, 5) is 19.6. The molecule has 0 radical (unpaired) electrons. The summed E-state index contributed by atoms with van der Waals surface area (Å²) in [7, 11) is 2.80. The van der Waals surface area contributed by atoms with Gasteiger partial charge in [0.15, 0.2) is 5.65 Å². The van der Waals surface area contributed by atoms with Crippen LogP contribution in [0.5, 0.6) is 5.88 Å². The fourth-order valence-corrected chi connectivity index (χ4v) is 1.67. The van der Waals surface area contributed by atoms with Gasteiger partial charge in [-0.05, 0) is 6.07 Å². The van der Waals surface area contributed by atoms with Crippen molar-refractivity contribution in [2.45, 2.75) is 0 Å². The van der Waals surface area contributed by atoms with E-state index in [9.17, 15) is 4.79 Å². The lowest BCUT2D eigenvalue weighted by Gasteiger charge is -2.05. The summed E-state index contributed by atoms with van der Waals surface area (Å²) in [6.45, 7) is 0. The maximum absolute atomic E-state index is 11.4. The SMILES string of the molecule is COC(=O)c1cnc2nc(OC)ccc2c1Cl. The Morgan fingerprint density at radius 2 is 2.12 bits per heavy atom. The first kappa shape index (κ1) is 11.6. The summed E-state index contributed by atoms with van der Waals surface area (Å²) >= 11 is 6.09. The fourth-order valence-electron chi connectivity index (χ4n) is 1.39. The zero-order valence-electron chi connectivity index (χ0n) is 9.23. The number of rotatable bonds is 2. The van der Waals surface area contributed by atoms with E-state index in [0.29, 0.717) is 16.9 Å². The van der Waals surface area contributed by atoms with Crippen molar-refractivity contribution in [1.29, 1.82) is 0 Å². The molecule has 0 fully saturated rings. The summed E-state index contributed by atoms with van der Waals surface area (Å²) in [6.07, 6.45) is 1.34. The van der Waals surface area contributed by atoms with Gasteiger partial charge in [0, 0.05) is 17.6 Å². The van der Waals surface area contributed by atoms with Crippen LogP contribution in [0.4, 0.5) is 0 Å². The van der Waals surface area contributed by atoms with Crippen LogP contribution in [-0.2, 0) is 4.74 Å². The molecular formula is C11H9ClN2O3. The van der Waals surface area contributed by atoms with Gasteiger partial charge < -0.3 is 9.47 Å². The van der Waals surface area contributed by atoms with Crippen LogP contribution >= 0.6 is 11.6 Å². The summed E-state index contributed by atoms with van der Waals surface area (Å²) < 4.78 is 9.58. The van der Waals surface area contributed by atoms with Crippen molar-refractivity contribution in [1.82, 2.24) is 9.97 Å². The Morgan fingerprint density at radius 1 is 1.35 bits per heavy atom. The first-order chi connectivity index (χ1) is 8.17. The summed E-state index contributed by atoms with van der Waals surface area (Å²) in [5.41, 5.74) is 0.635. The molecule has 88 valence electrons. The normalized spacial score (nSPS) is 10.3. The van der Waals surface area contributed by atoms with Crippen LogP contribution in [0.1, 0.15) is 10.4 Å². The second kappa shape index (κ2) is 4.55. The van der Waals surface area contributed by atoms with Gasteiger partial charge in [-0.15, -0.1) is 0 Å². The monoisotopic (exact) mass is 252 g/mol. The molecule has 0 aromatic carbocycles. The molecule has 0 saturated carbocycles. The molecule has 17 heavy (non-hydrogen) atoms. The molecule has 0 aliphatic rings. The van der Waals surface area contributed by atoms with E-state index in [1.165, 1.54) is 20.4 Å². The average molecular weight is 253 g/mol. The number of halogens is 1. The number of pyridine rings is 2. The van der Waals surface area contributed by atoms with Gasteiger partial charge in [-0.1, -0.05) is 11.6 Å². The Labute approximate surface area is 102 Å². The Morgan fingerprint density at radius 3 is 2.76 bits per heavy atom. The Bertz CT molecular complexity index is 586. The van der Waals surface area contributed by atoms with Crippen molar-refractivity contribution < 1.29 is 14.3 Å². The zero-order valence-corrected chi connectivity index (χ0v) is 9.99. The number of hydrogen-bond donors (Lipinski definition) is 0. The van der Waals surface area contributed by atoms with Gasteiger partial charge in [0.05, 0.1) is 24.8 Å². The highest BCUT2D eigenvalue weighted by Crippen LogP contribution is 2.26. The van der Waals surface area contributed by atoms with Gasteiger partial charge in [-0.3, -0.25) is 0 Å². The van der Waals surface area contributed by atoms with Crippen LogP contribution in [0.2, 0.25) is 5.02 Å². The maximum atomic E-state index is 11.4. The number of ether oxygens (including phenoxy) is 2. The largest absolute Gasteiger partial charge is 0.481 e. The van der Waals surface area contributed by atoms with Crippen molar-refractivity contribution in [3.8, 4) is 5.88 Å². The number of esters is 1. The molecule has 0 aliphatic heterocycles. The number of carbonyl (C=O) groups excluding carboxylic acids is 1. The van der Waals surface area contributed by atoms with Gasteiger partial charge in [-0.2, -0.15) is 4.98 Å². The Hall–Kier alpha value is -1.88. The van der Waals surface area contributed by atoms with E-state index in [1.807, 2.05) is 0 Å². The number of carbonyl (C=O) groups is 1. The topological polar surface area (TPSA) is 61.3 Å². The van der Waals surface area contributed by atoms with Gasteiger partial charge in [-0.25, -0.2) is 9.78 Å². The molecule has 0 aliphatic carbocycles. The van der Waals surface area contributed by atoms with E-state index in [1.54, 1.807) is 12.1 Å². The smallest absolute Gasteiger partial charge is 0.340 e. The molecule has 0 unspecified atom stereocenters. The van der Waals surface area contributed by atoms with Crippen LogP contribution in [0.15, 0.2) is 18.3 Å². The Balaban J connectivity index is 2.64. The van der Waals surface area contributed by atoms with Crippen molar-refractivity contribution in [3.05, 3.63) is 28.9 Å². The molecule has 2 aromatic heterocycles. The summed E-state index contributed by atoms with van der Waals surface area (Å²) in [5, 5.41) is 0.854. The van der Waals surface area contributed by atoms with E-state index < -0.39 is 5.97 Å². The molecule has 0 atom stereocenters. The molecule has 5 nitrogen and oxygen atoms in total. The number of aromatic nitrogens is 2. The van der Waals surface area contributed by atoms with Crippen molar-refractivity contribution in [2.24, 2.45) is 0 Å². The van der Waals surface area contributed by atoms with Crippen LogP contribution in [0.25, 0.3) is 11.0 Å². The van der Waals surface area contributed by atoms with Crippen molar-refractivity contribution in [3.63, 3.8) is 0 Å². The minimum absolute atomic E-state index is 0.216. The third-order valence-electron chi connectivity index (χ3n) is 2.25. The second-order valence-corrected chi connectivity index (χ2v) is 3.58. The van der Waals surface area contributed by atoms with E-state index in [2.05, 4.69) is 14.7 Å². The standard InChI is InChI=1S/C11H9ClN2O3/c1-16-8-4-3-6-9(12)7(11(15)17-2)5-13-10(6)14-8/h3-5H,1-2H3. The van der Waals surface area contributed by atoms with E-state index >= 15 is 0 Å². The molecule has 0 N–H and O–H groups in total. The molecule has 2 aromatic rings. The number of nitrogens with zero attached hydrogens (tertiary/aromatic N) is 2. The average Bonchev–Trinajstić information content (AvgIpc) is 2.38. The molecule has 2 rings (SSSR count). The lowest BCUT2D eigenvalue weighted by Crippen LogP contribution is -2.03. The van der Waals surface area contributed by atoms with E-state index in [4.69, 9.17) is 16.3 Å². The fraction of sp³-hybridized carbons (Fsp3) is 0.182.